The van der Waals surface area contributed by atoms with E-state index in [1.807, 2.05) is 31.7 Å². The maximum absolute atomic E-state index is 14.1. The number of Topliss-reactive ketones (excluding diaryl/α,β-unsaturated/α-hetero) is 1. The average molecular weight is 545 g/mol. The highest BCUT2D eigenvalue weighted by Gasteiger charge is 2.49. The Bertz CT molecular complexity index is 1430. The second-order valence-electron chi connectivity index (χ2n) is 12.4. The van der Waals surface area contributed by atoms with Crippen molar-refractivity contribution in [3.63, 3.8) is 0 Å². The summed E-state index contributed by atoms with van der Waals surface area (Å²) in [6.45, 7) is 8.83. The lowest BCUT2D eigenvalue weighted by molar-refractivity contribution is -0.123. The number of allylic oxidation sites excluding steroid dienone is 3. The predicted molar refractivity (Wildman–Crippen MR) is 154 cm³/mol. The highest BCUT2D eigenvalue weighted by molar-refractivity contribution is 6.04. The molecule has 3 heterocycles. The molecule has 2 aliphatic heterocycles. The maximum atomic E-state index is 14.1. The summed E-state index contributed by atoms with van der Waals surface area (Å²) in [6, 6.07) is 2.50. The lowest BCUT2D eigenvalue weighted by Crippen LogP contribution is -2.46. The van der Waals surface area contributed by atoms with E-state index in [0.29, 0.717) is 43.3 Å². The number of benzene rings is 1. The summed E-state index contributed by atoms with van der Waals surface area (Å²) in [5.74, 6) is 0.881. The molecule has 7 heteroatoms. The van der Waals surface area contributed by atoms with Crippen LogP contribution in [0.3, 0.4) is 0 Å². The van der Waals surface area contributed by atoms with E-state index in [4.69, 9.17) is 13.9 Å². The Hall–Kier alpha value is -3.32. The molecule has 7 nitrogen and oxygen atoms in total. The summed E-state index contributed by atoms with van der Waals surface area (Å²) in [4.78, 5) is 31.1. The minimum atomic E-state index is -0.795. The Morgan fingerprint density at radius 3 is 2.40 bits per heavy atom. The highest BCUT2D eigenvalue weighted by atomic mass is 16.7. The summed E-state index contributed by atoms with van der Waals surface area (Å²) >= 11 is 0. The first-order valence-corrected chi connectivity index (χ1v) is 14.5. The van der Waals surface area contributed by atoms with Crippen LogP contribution in [0.25, 0.3) is 11.1 Å². The zero-order chi connectivity index (χ0) is 28.3. The summed E-state index contributed by atoms with van der Waals surface area (Å²) in [5, 5.41) is 0. The van der Waals surface area contributed by atoms with Gasteiger partial charge in [-0.3, -0.25) is 9.59 Å². The molecule has 1 fully saturated rings. The zero-order valence-electron chi connectivity index (χ0n) is 24.6. The number of furan rings is 1. The molecule has 4 aliphatic rings. The second-order valence-corrected chi connectivity index (χ2v) is 12.4. The third-order valence-corrected chi connectivity index (χ3v) is 9.54. The number of hydrogen-bond donors (Lipinski definition) is 0. The number of carbonyl (C=O) groups excluding carboxylic acids is 2. The topological polar surface area (TPSA) is 72.2 Å². The lowest BCUT2D eigenvalue weighted by atomic mass is 9.81. The zero-order valence-corrected chi connectivity index (χ0v) is 24.6. The lowest BCUT2D eigenvalue weighted by Gasteiger charge is -2.39. The van der Waals surface area contributed by atoms with Gasteiger partial charge in [-0.1, -0.05) is 11.6 Å². The fraction of sp³-hybridized carbons (Fsp3) is 0.515. The Morgan fingerprint density at radius 1 is 1.02 bits per heavy atom. The predicted octanol–water partition coefficient (Wildman–Crippen LogP) is 6.10. The summed E-state index contributed by atoms with van der Waals surface area (Å²) in [6.07, 6.45) is 10.8. The molecule has 1 amide bonds. The van der Waals surface area contributed by atoms with Gasteiger partial charge in [0.05, 0.1) is 18.1 Å². The van der Waals surface area contributed by atoms with E-state index in [1.165, 1.54) is 0 Å². The molecule has 1 aromatic heterocycles. The molecule has 1 aromatic carbocycles. The van der Waals surface area contributed by atoms with Crippen molar-refractivity contribution in [2.75, 3.05) is 27.2 Å². The molecule has 0 N–H and O–H groups in total. The van der Waals surface area contributed by atoms with Gasteiger partial charge in [0.25, 0.3) is 11.7 Å². The van der Waals surface area contributed by atoms with E-state index in [0.717, 1.165) is 70.4 Å². The van der Waals surface area contributed by atoms with Crippen LogP contribution in [0.5, 0.6) is 11.5 Å². The van der Waals surface area contributed by atoms with Crippen molar-refractivity contribution in [1.29, 1.82) is 0 Å². The Balaban J connectivity index is 1.37. The van der Waals surface area contributed by atoms with Crippen molar-refractivity contribution in [1.82, 2.24) is 9.80 Å². The summed E-state index contributed by atoms with van der Waals surface area (Å²) < 4.78 is 19.0. The van der Waals surface area contributed by atoms with Gasteiger partial charge in [-0.25, -0.2) is 0 Å². The molecule has 212 valence electrons. The molecule has 0 bridgehead atoms. The molecular formula is C33H40N2O5. The Kier molecular flexibility index (Phi) is 6.68. The second kappa shape index (κ2) is 9.95. The minimum absolute atomic E-state index is 0.0608. The monoisotopic (exact) mass is 544 g/mol. The van der Waals surface area contributed by atoms with Crippen molar-refractivity contribution >= 4 is 11.7 Å². The van der Waals surface area contributed by atoms with Crippen LogP contribution < -0.4 is 9.47 Å². The highest BCUT2D eigenvalue weighted by Crippen LogP contribution is 2.55. The molecule has 1 atom stereocenters. The first-order chi connectivity index (χ1) is 19.1. The molecule has 0 saturated heterocycles. The number of carbonyl (C=O) groups is 2. The number of amides is 1. The summed E-state index contributed by atoms with van der Waals surface area (Å²) in [7, 11) is 4.30. The van der Waals surface area contributed by atoms with Gasteiger partial charge in [-0.15, -0.1) is 0 Å². The van der Waals surface area contributed by atoms with Crippen molar-refractivity contribution in [2.45, 2.75) is 78.0 Å². The number of hydrogen-bond acceptors (Lipinski definition) is 6. The standard InChI is InChI=1S/C33H40N2O5/c1-19-15-20(2)26(27(36)16-19)17-35-13-11-25-28(32(35)37)21(3)30-31(29(25)22-12-14-38-18-22)40-33(4,39-30)23-7-9-24(10-8-23)34(5)6/h12,14-15,18,23-24H,7-11,13,16-17H2,1-6H3/t23?,24?,33-/m1/s1. The van der Waals surface area contributed by atoms with Gasteiger partial charge in [-0.2, -0.15) is 0 Å². The molecule has 6 rings (SSSR count). The average Bonchev–Trinajstić information content (AvgIpc) is 3.56. The smallest absolute Gasteiger partial charge is 0.254 e. The molecule has 0 spiro atoms. The van der Waals surface area contributed by atoms with Crippen LogP contribution in [0.1, 0.15) is 74.4 Å². The van der Waals surface area contributed by atoms with Gasteiger partial charge in [0.15, 0.2) is 17.3 Å². The fourth-order valence-corrected chi connectivity index (χ4v) is 7.22. The van der Waals surface area contributed by atoms with Gasteiger partial charge in [0.1, 0.15) is 0 Å². The van der Waals surface area contributed by atoms with Crippen molar-refractivity contribution in [3.05, 3.63) is 58.1 Å². The Morgan fingerprint density at radius 2 is 1.75 bits per heavy atom. The number of ether oxygens (including phenoxy) is 2. The molecule has 0 radical (unpaired) electrons. The molecule has 1 saturated carbocycles. The first kappa shape index (κ1) is 26.9. The molecule has 0 unspecified atom stereocenters. The van der Waals surface area contributed by atoms with Gasteiger partial charge >= 0.3 is 0 Å². The van der Waals surface area contributed by atoms with E-state index in [9.17, 15) is 9.59 Å². The van der Waals surface area contributed by atoms with Gasteiger partial charge < -0.3 is 23.7 Å². The van der Waals surface area contributed by atoms with E-state index in [1.54, 1.807) is 12.5 Å². The van der Waals surface area contributed by atoms with Crippen LogP contribution >= 0.6 is 0 Å². The Labute approximate surface area is 236 Å². The third kappa shape index (κ3) is 4.39. The fourth-order valence-electron chi connectivity index (χ4n) is 7.22. The van der Waals surface area contributed by atoms with Crippen LogP contribution in [-0.4, -0.2) is 60.5 Å². The largest absolute Gasteiger partial charge is 0.472 e. The van der Waals surface area contributed by atoms with E-state index < -0.39 is 5.79 Å². The number of rotatable bonds is 5. The van der Waals surface area contributed by atoms with Crippen molar-refractivity contribution in [3.8, 4) is 22.6 Å². The van der Waals surface area contributed by atoms with Gasteiger partial charge in [-0.05, 0) is 84.2 Å². The minimum Gasteiger partial charge on any atom is -0.472 e. The molecular weight excluding hydrogens is 504 g/mol. The van der Waals surface area contributed by atoms with Crippen LogP contribution in [0.2, 0.25) is 0 Å². The molecule has 2 aromatic rings. The van der Waals surface area contributed by atoms with Crippen molar-refractivity contribution < 1.29 is 23.5 Å². The van der Waals surface area contributed by atoms with E-state index in [-0.39, 0.29) is 17.6 Å². The van der Waals surface area contributed by atoms with Gasteiger partial charge in [0, 0.05) is 60.7 Å². The molecule has 40 heavy (non-hydrogen) atoms. The summed E-state index contributed by atoms with van der Waals surface area (Å²) in [5.41, 5.74) is 6.98. The van der Waals surface area contributed by atoms with Crippen LogP contribution in [0, 0.1) is 12.8 Å². The SMILES string of the molecule is CC1=CC(C)=C(CN2CCc3c(c(C)c4c(c3-c3ccoc3)O[C@](C)(C3CCC(N(C)C)CC3)O4)C2=O)C(=O)C1. The quantitative estimate of drug-likeness (QED) is 0.453. The van der Waals surface area contributed by atoms with Crippen LogP contribution in [-0.2, 0) is 11.2 Å². The first-order valence-electron chi connectivity index (χ1n) is 14.5. The number of nitrogens with zero attached hydrogens (tertiary/aromatic N) is 2. The van der Waals surface area contributed by atoms with Crippen LogP contribution in [0.15, 0.2) is 45.8 Å². The maximum Gasteiger partial charge on any atom is 0.254 e. The third-order valence-electron chi connectivity index (χ3n) is 9.54. The van der Waals surface area contributed by atoms with E-state index >= 15 is 0 Å². The molecule has 2 aliphatic carbocycles. The van der Waals surface area contributed by atoms with Gasteiger partial charge in [0.2, 0.25) is 0 Å². The van der Waals surface area contributed by atoms with E-state index in [2.05, 4.69) is 32.0 Å². The normalized spacial score (nSPS) is 26.5. The number of ketones is 1. The number of fused-ring (bicyclic) bond motifs is 2. The van der Waals surface area contributed by atoms with Crippen molar-refractivity contribution in [2.24, 2.45) is 5.92 Å². The van der Waals surface area contributed by atoms with Crippen LogP contribution in [0.4, 0.5) is 0 Å².